The van der Waals surface area contributed by atoms with Gasteiger partial charge in [-0.2, -0.15) is 8.78 Å². The van der Waals surface area contributed by atoms with Crippen LogP contribution in [0.3, 0.4) is 0 Å². The summed E-state index contributed by atoms with van der Waals surface area (Å²) in [4.78, 5) is 30.8. The SMILES string of the molecule is Cc1cccc(NC(=O)C(C)Sc2nc3ccccc3c(=O)n2-c2ccc(OC(F)F)cc2)c1. The van der Waals surface area contributed by atoms with Crippen LogP contribution in [0.2, 0.25) is 0 Å². The zero-order valence-electron chi connectivity index (χ0n) is 18.4. The fourth-order valence-electron chi connectivity index (χ4n) is 3.37. The average Bonchev–Trinajstić information content (AvgIpc) is 2.80. The van der Waals surface area contributed by atoms with E-state index in [0.29, 0.717) is 27.4 Å². The molecule has 0 radical (unpaired) electrons. The number of hydrogen-bond donors (Lipinski definition) is 1. The standard InChI is InChI=1S/C25H21F2N3O3S/c1-15-6-5-7-17(14-15)28-22(31)16(2)34-25-29-21-9-4-3-8-20(21)23(32)30(25)18-10-12-19(13-11-18)33-24(26)27/h3-14,16,24H,1-2H3,(H,28,31). The lowest BCUT2D eigenvalue weighted by Crippen LogP contribution is -2.26. The fraction of sp³-hybridized carbons (Fsp3) is 0.160. The molecular formula is C25H21F2N3O3S. The van der Waals surface area contributed by atoms with Crippen molar-refractivity contribution in [3.8, 4) is 11.4 Å². The van der Waals surface area contributed by atoms with E-state index in [9.17, 15) is 18.4 Å². The molecule has 3 aromatic carbocycles. The highest BCUT2D eigenvalue weighted by Crippen LogP contribution is 2.27. The van der Waals surface area contributed by atoms with E-state index >= 15 is 0 Å². The number of halogens is 2. The Balaban J connectivity index is 1.69. The van der Waals surface area contributed by atoms with E-state index in [1.165, 1.54) is 28.8 Å². The maximum atomic E-state index is 13.4. The Morgan fingerprint density at radius 1 is 1.06 bits per heavy atom. The first-order valence-corrected chi connectivity index (χ1v) is 11.3. The fourth-order valence-corrected chi connectivity index (χ4v) is 4.30. The molecule has 34 heavy (non-hydrogen) atoms. The van der Waals surface area contributed by atoms with Crippen molar-refractivity contribution in [3.05, 3.63) is 88.7 Å². The smallest absolute Gasteiger partial charge is 0.387 e. The second-order valence-corrected chi connectivity index (χ2v) is 8.85. The van der Waals surface area contributed by atoms with E-state index in [1.54, 1.807) is 37.3 Å². The molecule has 1 aromatic heterocycles. The molecule has 9 heteroatoms. The number of amides is 1. The number of rotatable bonds is 7. The van der Waals surface area contributed by atoms with Crippen LogP contribution in [0.1, 0.15) is 12.5 Å². The Morgan fingerprint density at radius 2 is 1.79 bits per heavy atom. The Hall–Kier alpha value is -3.72. The molecule has 1 amide bonds. The zero-order chi connectivity index (χ0) is 24.2. The lowest BCUT2D eigenvalue weighted by molar-refractivity contribution is -0.115. The van der Waals surface area contributed by atoms with Crippen LogP contribution in [0.15, 0.2) is 82.7 Å². The first-order chi connectivity index (χ1) is 16.3. The van der Waals surface area contributed by atoms with E-state index in [-0.39, 0.29) is 17.2 Å². The van der Waals surface area contributed by atoms with Gasteiger partial charge in [0.15, 0.2) is 5.16 Å². The van der Waals surface area contributed by atoms with Crippen LogP contribution >= 0.6 is 11.8 Å². The van der Waals surface area contributed by atoms with E-state index in [0.717, 1.165) is 17.3 Å². The van der Waals surface area contributed by atoms with E-state index in [1.807, 2.05) is 25.1 Å². The number of para-hydroxylation sites is 1. The molecule has 0 saturated heterocycles. The third kappa shape index (κ3) is 5.26. The van der Waals surface area contributed by atoms with Crippen molar-refractivity contribution < 1.29 is 18.3 Å². The monoisotopic (exact) mass is 481 g/mol. The first kappa shape index (κ1) is 23.4. The number of thioether (sulfide) groups is 1. The van der Waals surface area contributed by atoms with Crippen LogP contribution < -0.4 is 15.6 Å². The second kappa shape index (κ2) is 10.0. The molecule has 4 rings (SSSR count). The minimum Gasteiger partial charge on any atom is -0.435 e. The lowest BCUT2D eigenvalue weighted by Gasteiger charge is -2.17. The zero-order valence-corrected chi connectivity index (χ0v) is 19.2. The third-order valence-corrected chi connectivity index (χ3v) is 6.05. The van der Waals surface area contributed by atoms with Crippen LogP contribution in [0, 0.1) is 6.92 Å². The van der Waals surface area contributed by atoms with E-state index in [2.05, 4.69) is 15.0 Å². The number of fused-ring (bicyclic) bond motifs is 1. The molecule has 0 aliphatic heterocycles. The van der Waals surface area contributed by atoms with Gasteiger partial charge in [-0.3, -0.25) is 14.2 Å². The Morgan fingerprint density at radius 3 is 2.50 bits per heavy atom. The van der Waals surface area contributed by atoms with Crippen LogP contribution in [0.5, 0.6) is 5.75 Å². The number of hydrogen-bond acceptors (Lipinski definition) is 5. The quantitative estimate of drug-likeness (QED) is 0.282. The normalized spacial score (nSPS) is 12.0. The molecule has 4 aromatic rings. The number of anilines is 1. The maximum absolute atomic E-state index is 13.4. The summed E-state index contributed by atoms with van der Waals surface area (Å²) >= 11 is 1.13. The molecule has 1 heterocycles. The van der Waals surface area contributed by atoms with Crippen molar-refractivity contribution in [2.24, 2.45) is 0 Å². The number of nitrogens with zero attached hydrogens (tertiary/aromatic N) is 2. The van der Waals surface area contributed by atoms with Crippen molar-refractivity contribution >= 4 is 34.3 Å². The van der Waals surface area contributed by atoms with Crippen molar-refractivity contribution in [2.45, 2.75) is 30.9 Å². The average molecular weight is 482 g/mol. The predicted octanol–water partition coefficient (Wildman–Crippen LogP) is 5.41. The van der Waals surface area contributed by atoms with Crippen LogP contribution in [0.25, 0.3) is 16.6 Å². The summed E-state index contributed by atoms with van der Waals surface area (Å²) in [5.74, 6) is -0.272. The van der Waals surface area contributed by atoms with Gasteiger partial charge in [0.2, 0.25) is 5.91 Å². The Bertz CT molecular complexity index is 1390. The molecule has 1 atom stereocenters. The number of ether oxygens (including phenoxy) is 1. The van der Waals surface area contributed by atoms with Crippen LogP contribution in [-0.4, -0.2) is 27.3 Å². The highest BCUT2D eigenvalue weighted by molar-refractivity contribution is 8.00. The van der Waals surface area contributed by atoms with E-state index < -0.39 is 11.9 Å². The lowest BCUT2D eigenvalue weighted by atomic mass is 10.2. The number of alkyl halides is 2. The van der Waals surface area contributed by atoms with Crippen LogP contribution in [-0.2, 0) is 4.79 Å². The molecule has 174 valence electrons. The summed E-state index contributed by atoms with van der Waals surface area (Å²) in [5, 5.41) is 3.00. The van der Waals surface area contributed by atoms with Gasteiger partial charge in [-0.25, -0.2) is 4.98 Å². The molecule has 0 bridgehead atoms. The van der Waals surface area contributed by atoms with Gasteiger partial charge in [-0.15, -0.1) is 0 Å². The molecule has 0 spiro atoms. The van der Waals surface area contributed by atoms with Crippen molar-refractivity contribution in [1.82, 2.24) is 9.55 Å². The number of nitrogens with one attached hydrogen (secondary N) is 1. The molecule has 1 unspecified atom stereocenters. The molecule has 6 nitrogen and oxygen atoms in total. The Kier molecular flexibility index (Phi) is 6.93. The van der Waals surface area contributed by atoms with Gasteiger partial charge < -0.3 is 10.1 Å². The van der Waals surface area contributed by atoms with Gasteiger partial charge in [0.25, 0.3) is 5.56 Å². The van der Waals surface area contributed by atoms with Crippen LogP contribution in [0.4, 0.5) is 14.5 Å². The van der Waals surface area contributed by atoms with Gasteiger partial charge in [0.1, 0.15) is 5.75 Å². The summed E-state index contributed by atoms with van der Waals surface area (Å²) in [6.07, 6.45) is 0. The predicted molar refractivity (Wildman–Crippen MR) is 129 cm³/mol. The summed E-state index contributed by atoms with van der Waals surface area (Å²) < 4.78 is 30.8. The number of aromatic nitrogens is 2. The van der Waals surface area contributed by atoms with Gasteiger partial charge in [-0.05, 0) is 67.9 Å². The number of aryl methyl sites for hydroxylation is 1. The number of carbonyl (C=O) groups excluding carboxylic acids is 1. The molecule has 0 aliphatic carbocycles. The summed E-state index contributed by atoms with van der Waals surface area (Å²) in [7, 11) is 0. The molecule has 0 aliphatic rings. The van der Waals surface area contributed by atoms with Gasteiger partial charge in [-0.1, -0.05) is 36.0 Å². The summed E-state index contributed by atoms with van der Waals surface area (Å²) in [5.41, 5.74) is 2.27. The first-order valence-electron chi connectivity index (χ1n) is 10.4. The third-order valence-electron chi connectivity index (χ3n) is 5.00. The molecule has 1 N–H and O–H groups in total. The highest BCUT2D eigenvalue weighted by atomic mass is 32.2. The highest BCUT2D eigenvalue weighted by Gasteiger charge is 2.21. The minimum atomic E-state index is -2.95. The molecular weight excluding hydrogens is 460 g/mol. The van der Waals surface area contributed by atoms with Gasteiger partial charge in [0.05, 0.1) is 21.8 Å². The van der Waals surface area contributed by atoms with Gasteiger partial charge in [0, 0.05) is 5.69 Å². The molecule has 0 fully saturated rings. The summed E-state index contributed by atoms with van der Waals surface area (Å²) in [6.45, 7) is 0.708. The molecule has 0 saturated carbocycles. The topological polar surface area (TPSA) is 73.2 Å². The van der Waals surface area contributed by atoms with E-state index in [4.69, 9.17) is 0 Å². The summed E-state index contributed by atoms with van der Waals surface area (Å²) in [6, 6.07) is 20.1. The van der Waals surface area contributed by atoms with Crippen molar-refractivity contribution in [2.75, 3.05) is 5.32 Å². The largest absolute Gasteiger partial charge is 0.435 e. The second-order valence-electron chi connectivity index (χ2n) is 7.54. The van der Waals surface area contributed by atoms with Crippen molar-refractivity contribution in [1.29, 1.82) is 0 Å². The number of carbonyl (C=O) groups is 1. The van der Waals surface area contributed by atoms with Gasteiger partial charge >= 0.3 is 6.61 Å². The maximum Gasteiger partial charge on any atom is 0.387 e. The Labute approximate surface area is 198 Å². The number of benzene rings is 3. The van der Waals surface area contributed by atoms with Crippen molar-refractivity contribution in [3.63, 3.8) is 0 Å². The minimum absolute atomic E-state index is 0.0272.